The Bertz CT molecular complexity index is 396. The van der Waals surface area contributed by atoms with Gasteiger partial charge in [-0.3, -0.25) is 0 Å². The molecule has 7 heteroatoms. The predicted molar refractivity (Wildman–Crippen MR) is 56.7 cm³/mol. The highest BCUT2D eigenvalue weighted by Gasteiger charge is 2.34. The molecule has 2 heterocycles. The Hall–Kier alpha value is -1.24. The molecular weight excluding hydrogens is 250 g/mol. The third-order valence-electron chi connectivity index (χ3n) is 3.01. The van der Waals surface area contributed by atoms with Crippen molar-refractivity contribution < 1.29 is 17.6 Å². The monoisotopic (exact) mass is 263 g/mol. The molecule has 3 nitrogen and oxygen atoms in total. The first kappa shape index (κ1) is 13.2. The SMILES string of the molecule is FC1(Cc2ncc(C(F)(F)F)cn2)CCNCC1. The Morgan fingerprint density at radius 1 is 1.17 bits per heavy atom. The number of rotatable bonds is 2. The minimum Gasteiger partial charge on any atom is -0.316 e. The van der Waals surface area contributed by atoms with Gasteiger partial charge in [-0.1, -0.05) is 0 Å². The summed E-state index contributed by atoms with van der Waals surface area (Å²) in [5.74, 6) is 0.118. The molecule has 0 bridgehead atoms. The van der Waals surface area contributed by atoms with E-state index in [0.29, 0.717) is 38.3 Å². The summed E-state index contributed by atoms with van der Waals surface area (Å²) in [5.41, 5.74) is -2.32. The van der Waals surface area contributed by atoms with Crippen molar-refractivity contribution in [1.82, 2.24) is 15.3 Å². The van der Waals surface area contributed by atoms with Crippen LogP contribution in [0.1, 0.15) is 24.2 Å². The van der Waals surface area contributed by atoms with Crippen molar-refractivity contribution in [3.63, 3.8) is 0 Å². The maximum absolute atomic E-state index is 14.3. The average molecular weight is 263 g/mol. The van der Waals surface area contributed by atoms with Crippen molar-refractivity contribution in [2.75, 3.05) is 13.1 Å². The molecule has 0 radical (unpaired) electrons. The largest absolute Gasteiger partial charge is 0.419 e. The summed E-state index contributed by atoms with van der Waals surface area (Å²) in [6.45, 7) is 1.13. The summed E-state index contributed by atoms with van der Waals surface area (Å²) in [4.78, 5) is 7.19. The summed E-state index contributed by atoms with van der Waals surface area (Å²) >= 11 is 0. The lowest BCUT2D eigenvalue weighted by atomic mass is 9.91. The van der Waals surface area contributed by atoms with Gasteiger partial charge in [0.05, 0.1) is 5.56 Å². The van der Waals surface area contributed by atoms with Crippen molar-refractivity contribution >= 4 is 0 Å². The highest BCUT2D eigenvalue weighted by atomic mass is 19.4. The molecule has 1 saturated heterocycles. The summed E-state index contributed by atoms with van der Waals surface area (Å²) < 4.78 is 51.1. The fraction of sp³-hybridized carbons (Fsp3) is 0.636. The van der Waals surface area contributed by atoms with Crippen molar-refractivity contribution in [3.8, 4) is 0 Å². The molecule has 1 aliphatic rings. The lowest BCUT2D eigenvalue weighted by Gasteiger charge is -2.29. The van der Waals surface area contributed by atoms with Crippen LogP contribution < -0.4 is 5.32 Å². The number of nitrogens with zero attached hydrogens (tertiary/aromatic N) is 2. The van der Waals surface area contributed by atoms with E-state index in [-0.39, 0.29) is 12.2 Å². The maximum atomic E-state index is 14.3. The zero-order chi connectivity index (χ0) is 13.2. The summed E-state index contributed by atoms with van der Waals surface area (Å²) in [7, 11) is 0. The standard InChI is InChI=1S/C11H13F4N3/c12-10(1-3-16-4-2-10)5-9-17-6-8(7-18-9)11(13,14)15/h6-7,16H,1-5H2. The van der Waals surface area contributed by atoms with E-state index >= 15 is 0 Å². The second kappa shape index (κ2) is 4.79. The molecule has 0 aliphatic carbocycles. The van der Waals surface area contributed by atoms with Crippen LogP contribution in [0.5, 0.6) is 0 Å². The molecule has 0 atom stereocenters. The molecule has 0 aromatic carbocycles. The van der Waals surface area contributed by atoms with Crippen LogP contribution in [-0.4, -0.2) is 28.7 Å². The summed E-state index contributed by atoms with van der Waals surface area (Å²) in [5, 5.41) is 3.03. The molecule has 1 aliphatic heterocycles. The number of hydrogen-bond acceptors (Lipinski definition) is 3. The molecular formula is C11H13F4N3. The second-order valence-corrected chi connectivity index (χ2v) is 4.46. The van der Waals surface area contributed by atoms with Gasteiger partial charge in [0.15, 0.2) is 0 Å². The van der Waals surface area contributed by atoms with Crippen LogP contribution in [0.3, 0.4) is 0 Å². The van der Waals surface area contributed by atoms with Gasteiger partial charge in [0, 0.05) is 18.8 Å². The fourth-order valence-electron chi connectivity index (χ4n) is 1.93. The number of piperidine rings is 1. The first-order valence-electron chi connectivity index (χ1n) is 5.67. The molecule has 1 fully saturated rings. The molecule has 0 saturated carbocycles. The number of hydrogen-bond donors (Lipinski definition) is 1. The number of nitrogens with one attached hydrogen (secondary N) is 1. The van der Waals surface area contributed by atoms with Gasteiger partial charge in [-0.2, -0.15) is 13.2 Å². The first-order valence-corrected chi connectivity index (χ1v) is 5.67. The quantitative estimate of drug-likeness (QED) is 0.831. The minimum atomic E-state index is -4.46. The van der Waals surface area contributed by atoms with E-state index in [4.69, 9.17) is 0 Å². The van der Waals surface area contributed by atoms with Crippen LogP contribution in [0.2, 0.25) is 0 Å². The maximum Gasteiger partial charge on any atom is 0.419 e. The van der Waals surface area contributed by atoms with Gasteiger partial charge in [-0.15, -0.1) is 0 Å². The Kier molecular flexibility index (Phi) is 3.52. The third-order valence-corrected chi connectivity index (χ3v) is 3.01. The molecule has 1 aromatic heterocycles. The first-order chi connectivity index (χ1) is 8.39. The molecule has 1 N–H and O–H groups in total. The van der Waals surface area contributed by atoms with Crippen LogP contribution in [0, 0.1) is 0 Å². The molecule has 2 rings (SSSR count). The van der Waals surface area contributed by atoms with E-state index in [1.807, 2.05) is 0 Å². The summed E-state index contributed by atoms with van der Waals surface area (Å²) in [6, 6.07) is 0. The fourth-order valence-corrected chi connectivity index (χ4v) is 1.93. The lowest BCUT2D eigenvalue weighted by Crippen LogP contribution is -2.40. The van der Waals surface area contributed by atoms with Gasteiger partial charge < -0.3 is 5.32 Å². The minimum absolute atomic E-state index is 0.0349. The van der Waals surface area contributed by atoms with Gasteiger partial charge >= 0.3 is 6.18 Å². The Morgan fingerprint density at radius 3 is 2.22 bits per heavy atom. The normalized spacial score (nSPS) is 19.8. The second-order valence-electron chi connectivity index (χ2n) is 4.46. The van der Waals surface area contributed by atoms with E-state index in [0.717, 1.165) is 0 Å². The van der Waals surface area contributed by atoms with Crippen molar-refractivity contribution in [2.24, 2.45) is 0 Å². The Balaban J connectivity index is 2.06. The van der Waals surface area contributed by atoms with Gasteiger partial charge in [0.1, 0.15) is 11.5 Å². The zero-order valence-electron chi connectivity index (χ0n) is 9.60. The van der Waals surface area contributed by atoms with Crippen LogP contribution in [-0.2, 0) is 12.6 Å². The van der Waals surface area contributed by atoms with E-state index in [1.54, 1.807) is 0 Å². The number of aromatic nitrogens is 2. The molecule has 0 amide bonds. The third kappa shape index (κ3) is 3.16. The average Bonchev–Trinajstić information content (AvgIpc) is 2.29. The Labute approximate surface area is 102 Å². The molecule has 100 valence electrons. The molecule has 0 spiro atoms. The van der Waals surface area contributed by atoms with Crippen LogP contribution in [0.4, 0.5) is 17.6 Å². The van der Waals surface area contributed by atoms with E-state index in [1.165, 1.54) is 0 Å². The predicted octanol–water partition coefficient (Wildman–Crippen LogP) is 2.13. The highest BCUT2D eigenvalue weighted by molar-refractivity contribution is 5.10. The number of halogens is 4. The van der Waals surface area contributed by atoms with E-state index in [2.05, 4.69) is 15.3 Å². The van der Waals surface area contributed by atoms with Crippen molar-refractivity contribution in [3.05, 3.63) is 23.8 Å². The van der Waals surface area contributed by atoms with Crippen LogP contribution >= 0.6 is 0 Å². The zero-order valence-corrected chi connectivity index (χ0v) is 9.60. The smallest absolute Gasteiger partial charge is 0.316 e. The lowest BCUT2D eigenvalue weighted by molar-refractivity contribution is -0.138. The molecule has 0 unspecified atom stereocenters. The topological polar surface area (TPSA) is 37.8 Å². The van der Waals surface area contributed by atoms with Gasteiger partial charge in [0.2, 0.25) is 0 Å². The highest BCUT2D eigenvalue weighted by Crippen LogP contribution is 2.29. The van der Waals surface area contributed by atoms with E-state index in [9.17, 15) is 17.6 Å². The molecule has 18 heavy (non-hydrogen) atoms. The van der Waals surface area contributed by atoms with E-state index < -0.39 is 17.4 Å². The van der Waals surface area contributed by atoms with Crippen LogP contribution in [0.25, 0.3) is 0 Å². The van der Waals surface area contributed by atoms with Crippen molar-refractivity contribution in [1.29, 1.82) is 0 Å². The van der Waals surface area contributed by atoms with Gasteiger partial charge in [0.25, 0.3) is 0 Å². The van der Waals surface area contributed by atoms with Gasteiger partial charge in [-0.05, 0) is 25.9 Å². The number of alkyl halides is 4. The Morgan fingerprint density at radius 2 is 1.72 bits per heavy atom. The molecule has 1 aromatic rings. The summed E-state index contributed by atoms with van der Waals surface area (Å²) in [6.07, 6.45) is -2.43. The van der Waals surface area contributed by atoms with Crippen molar-refractivity contribution in [2.45, 2.75) is 31.1 Å². The van der Waals surface area contributed by atoms with Gasteiger partial charge in [-0.25, -0.2) is 14.4 Å². The van der Waals surface area contributed by atoms with Crippen LogP contribution in [0.15, 0.2) is 12.4 Å².